The number of rotatable bonds is 3. The van der Waals surface area contributed by atoms with E-state index in [2.05, 4.69) is 89.6 Å². The van der Waals surface area contributed by atoms with Gasteiger partial charge >= 0.3 is 0 Å². The minimum atomic E-state index is -0.0430. The van der Waals surface area contributed by atoms with Crippen molar-refractivity contribution in [3.05, 3.63) is 35.7 Å². The Bertz CT molecular complexity index is 577. The highest BCUT2D eigenvalue weighted by molar-refractivity contribution is 9.08. The van der Waals surface area contributed by atoms with E-state index in [1.54, 1.807) is 0 Å². The zero-order chi connectivity index (χ0) is 14.9. The molecule has 0 atom stereocenters. The summed E-state index contributed by atoms with van der Waals surface area (Å²) in [6.45, 7) is 10.9. The Labute approximate surface area is 129 Å². The van der Waals surface area contributed by atoms with Crippen LogP contribution in [0.25, 0.3) is 11.4 Å². The Morgan fingerprint density at radius 2 is 1.70 bits per heavy atom. The predicted octanol–water partition coefficient (Wildman–Crippen LogP) is 4.72. The van der Waals surface area contributed by atoms with Crippen molar-refractivity contribution in [3.63, 3.8) is 0 Å². The SMILES string of the molecule is CC(C)c1ccc(-c2nnc(CBr)n2C(C)(C)C)cc1. The van der Waals surface area contributed by atoms with Gasteiger partial charge in [0.1, 0.15) is 5.82 Å². The molecule has 0 saturated heterocycles. The standard InChI is InChI=1S/C16H22BrN3/c1-11(2)12-6-8-13(9-7-12)15-19-18-14(10-17)20(15)16(3,4)5/h6-9,11H,10H2,1-5H3. The molecule has 2 rings (SSSR count). The van der Waals surface area contributed by atoms with Crippen molar-refractivity contribution < 1.29 is 0 Å². The highest BCUT2D eigenvalue weighted by atomic mass is 79.9. The largest absolute Gasteiger partial charge is 0.305 e. The number of nitrogens with zero attached hydrogens (tertiary/aromatic N) is 3. The fourth-order valence-corrected chi connectivity index (χ4v) is 2.67. The highest BCUT2D eigenvalue weighted by Gasteiger charge is 2.23. The maximum absolute atomic E-state index is 4.38. The molecule has 1 heterocycles. The van der Waals surface area contributed by atoms with Crippen LogP contribution in [-0.2, 0) is 10.9 Å². The van der Waals surface area contributed by atoms with Crippen molar-refractivity contribution in [1.29, 1.82) is 0 Å². The lowest BCUT2D eigenvalue weighted by Crippen LogP contribution is -2.24. The lowest BCUT2D eigenvalue weighted by molar-refractivity contribution is 0.391. The van der Waals surface area contributed by atoms with Crippen molar-refractivity contribution in [3.8, 4) is 11.4 Å². The molecule has 20 heavy (non-hydrogen) atoms. The molecule has 3 nitrogen and oxygen atoms in total. The number of halogens is 1. The smallest absolute Gasteiger partial charge is 0.164 e. The minimum Gasteiger partial charge on any atom is -0.305 e. The first kappa shape index (κ1) is 15.2. The zero-order valence-corrected chi connectivity index (χ0v) is 14.4. The molecule has 108 valence electrons. The van der Waals surface area contributed by atoms with Crippen LogP contribution >= 0.6 is 15.9 Å². The first-order valence-electron chi connectivity index (χ1n) is 6.95. The van der Waals surface area contributed by atoms with Crippen molar-refractivity contribution >= 4 is 15.9 Å². The first-order valence-corrected chi connectivity index (χ1v) is 8.08. The Morgan fingerprint density at radius 1 is 1.10 bits per heavy atom. The van der Waals surface area contributed by atoms with E-state index in [0.717, 1.165) is 17.2 Å². The molecule has 1 aromatic carbocycles. The van der Waals surface area contributed by atoms with Crippen LogP contribution in [0.1, 0.15) is 51.9 Å². The summed E-state index contributed by atoms with van der Waals surface area (Å²) in [5, 5.41) is 9.39. The Hall–Kier alpha value is -1.16. The summed E-state index contributed by atoms with van der Waals surface area (Å²) in [6, 6.07) is 8.63. The van der Waals surface area contributed by atoms with Crippen LogP contribution in [0.4, 0.5) is 0 Å². The van der Waals surface area contributed by atoms with Crippen LogP contribution in [0.15, 0.2) is 24.3 Å². The Kier molecular flexibility index (Phi) is 4.33. The van der Waals surface area contributed by atoms with Gasteiger partial charge in [0.25, 0.3) is 0 Å². The zero-order valence-electron chi connectivity index (χ0n) is 12.8. The summed E-state index contributed by atoms with van der Waals surface area (Å²) < 4.78 is 2.20. The second kappa shape index (κ2) is 5.68. The molecule has 0 amide bonds. The van der Waals surface area contributed by atoms with Crippen LogP contribution < -0.4 is 0 Å². The van der Waals surface area contributed by atoms with Gasteiger partial charge in [-0.3, -0.25) is 0 Å². The molecule has 0 bridgehead atoms. The van der Waals surface area contributed by atoms with E-state index in [1.165, 1.54) is 5.56 Å². The average molecular weight is 336 g/mol. The van der Waals surface area contributed by atoms with E-state index in [-0.39, 0.29) is 5.54 Å². The molecule has 0 spiro atoms. The number of alkyl halides is 1. The highest BCUT2D eigenvalue weighted by Crippen LogP contribution is 2.28. The van der Waals surface area contributed by atoms with Crippen LogP contribution in [0.5, 0.6) is 0 Å². The number of hydrogen-bond acceptors (Lipinski definition) is 2. The van der Waals surface area contributed by atoms with Gasteiger partial charge < -0.3 is 4.57 Å². The molecule has 0 N–H and O–H groups in total. The molecular weight excluding hydrogens is 314 g/mol. The fourth-order valence-electron chi connectivity index (χ4n) is 2.31. The van der Waals surface area contributed by atoms with Crippen molar-refractivity contribution in [1.82, 2.24) is 14.8 Å². The van der Waals surface area contributed by atoms with Gasteiger partial charge in [0.15, 0.2) is 5.82 Å². The third-order valence-electron chi connectivity index (χ3n) is 3.36. The second-order valence-electron chi connectivity index (χ2n) is 6.36. The normalized spacial score (nSPS) is 12.2. The maximum atomic E-state index is 4.38. The summed E-state index contributed by atoms with van der Waals surface area (Å²) in [7, 11) is 0. The van der Waals surface area contributed by atoms with E-state index in [1.807, 2.05) is 0 Å². The number of benzene rings is 1. The molecule has 0 aliphatic heterocycles. The molecule has 0 saturated carbocycles. The summed E-state index contributed by atoms with van der Waals surface area (Å²) in [5.41, 5.74) is 2.42. The van der Waals surface area contributed by atoms with Gasteiger partial charge in [-0.1, -0.05) is 54.0 Å². The van der Waals surface area contributed by atoms with Crippen LogP contribution in [0, 0.1) is 0 Å². The third-order valence-corrected chi connectivity index (χ3v) is 3.86. The molecule has 0 fully saturated rings. The maximum Gasteiger partial charge on any atom is 0.164 e. The molecule has 0 radical (unpaired) electrons. The van der Waals surface area contributed by atoms with Gasteiger partial charge in [-0.2, -0.15) is 0 Å². The van der Waals surface area contributed by atoms with Gasteiger partial charge in [0.05, 0.1) is 5.33 Å². The van der Waals surface area contributed by atoms with Crippen LogP contribution in [0.3, 0.4) is 0 Å². The van der Waals surface area contributed by atoms with Crippen molar-refractivity contribution in [2.75, 3.05) is 0 Å². The summed E-state index contributed by atoms with van der Waals surface area (Å²) in [6.07, 6.45) is 0. The lowest BCUT2D eigenvalue weighted by Gasteiger charge is -2.24. The summed E-state index contributed by atoms with van der Waals surface area (Å²) in [5.74, 6) is 2.44. The van der Waals surface area contributed by atoms with E-state index in [4.69, 9.17) is 0 Å². The van der Waals surface area contributed by atoms with Gasteiger partial charge in [-0.15, -0.1) is 10.2 Å². The average Bonchev–Trinajstić information content (AvgIpc) is 2.82. The van der Waals surface area contributed by atoms with Crippen molar-refractivity contribution in [2.45, 2.75) is 51.4 Å². The monoisotopic (exact) mass is 335 g/mol. The predicted molar refractivity (Wildman–Crippen MR) is 87.2 cm³/mol. The van der Waals surface area contributed by atoms with Crippen LogP contribution in [-0.4, -0.2) is 14.8 Å². The van der Waals surface area contributed by atoms with E-state index < -0.39 is 0 Å². The van der Waals surface area contributed by atoms with Gasteiger partial charge in [0, 0.05) is 11.1 Å². The van der Waals surface area contributed by atoms with E-state index in [0.29, 0.717) is 11.2 Å². The third kappa shape index (κ3) is 2.95. The summed E-state index contributed by atoms with van der Waals surface area (Å²) >= 11 is 3.49. The second-order valence-corrected chi connectivity index (χ2v) is 6.92. The Balaban J connectivity index is 2.50. The molecular formula is C16H22BrN3. The molecule has 1 aromatic heterocycles. The molecule has 0 aliphatic rings. The van der Waals surface area contributed by atoms with Gasteiger partial charge in [-0.05, 0) is 32.3 Å². The molecule has 0 unspecified atom stereocenters. The summed E-state index contributed by atoms with van der Waals surface area (Å²) in [4.78, 5) is 0. The van der Waals surface area contributed by atoms with Gasteiger partial charge in [-0.25, -0.2) is 0 Å². The first-order chi connectivity index (χ1) is 9.34. The molecule has 4 heteroatoms. The number of aromatic nitrogens is 3. The number of hydrogen-bond donors (Lipinski definition) is 0. The topological polar surface area (TPSA) is 30.7 Å². The minimum absolute atomic E-state index is 0.0430. The van der Waals surface area contributed by atoms with Crippen molar-refractivity contribution in [2.24, 2.45) is 0 Å². The van der Waals surface area contributed by atoms with Crippen LogP contribution in [0.2, 0.25) is 0 Å². The molecule has 0 aliphatic carbocycles. The molecule has 2 aromatic rings. The fraction of sp³-hybridized carbons (Fsp3) is 0.500. The van der Waals surface area contributed by atoms with E-state index in [9.17, 15) is 0 Å². The van der Waals surface area contributed by atoms with E-state index >= 15 is 0 Å². The van der Waals surface area contributed by atoms with Gasteiger partial charge in [0.2, 0.25) is 0 Å². The quantitative estimate of drug-likeness (QED) is 0.760. The Morgan fingerprint density at radius 3 is 2.15 bits per heavy atom. The lowest BCUT2D eigenvalue weighted by atomic mass is 10.0.